The number of aryl methyl sites for hydroxylation is 1. The lowest BCUT2D eigenvalue weighted by atomic mass is 9.92. The van der Waals surface area contributed by atoms with E-state index in [1.165, 1.54) is 39.9 Å². The molecule has 3 rings (SSSR count). The molecule has 3 atom stereocenters. The van der Waals surface area contributed by atoms with Gasteiger partial charge in [0.2, 0.25) is 0 Å². The van der Waals surface area contributed by atoms with Gasteiger partial charge in [-0.2, -0.15) is 5.26 Å². The van der Waals surface area contributed by atoms with E-state index in [1.54, 1.807) is 0 Å². The van der Waals surface area contributed by atoms with Crippen LogP contribution < -0.4 is 5.32 Å². The lowest BCUT2D eigenvalue weighted by Crippen LogP contribution is -2.36. The molecule has 0 spiro atoms. The van der Waals surface area contributed by atoms with Crippen LogP contribution in [0.15, 0.2) is 9.85 Å². The Morgan fingerprint density at radius 1 is 1.33 bits per heavy atom. The number of hydrogen-bond acceptors (Lipinski definition) is 3. The first-order valence-electron chi connectivity index (χ1n) is 6.71. The molecule has 2 aliphatic carbocycles. The molecule has 0 amide bonds. The third-order valence-electron chi connectivity index (χ3n) is 4.18. The summed E-state index contributed by atoms with van der Waals surface area (Å²) in [5.41, 5.74) is 1.47. The van der Waals surface area contributed by atoms with E-state index in [0.29, 0.717) is 12.1 Å². The zero-order valence-electron chi connectivity index (χ0n) is 10.3. The minimum atomic E-state index is 0.220. The number of halogens is 1. The fourth-order valence-corrected chi connectivity index (χ4v) is 5.09. The van der Waals surface area contributed by atoms with Gasteiger partial charge in [-0.15, -0.1) is 11.3 Å². The molecule has 1 aromatic heterocycles. The van der Waals surface area contributed by atoms with Gasteiger partial charge in [0.15, 0.2) is 0 Å². The number of nitrogens with zero attached hydrogens (tertiary/aromatic N) is 1. The maximum atomic E-state index is 9.17. The second-order valence-electron chi connectivity index (χ2n) is 5.31. The zero-order valence-corrected chi connectivity index (χ0v) is 12.7. The summed E-state index contributed by atoms with van der Waals surface area (Å²) in [4.78, 5) is 1.53. The van der Waals surface area contributed by atoms with E-state index >= 15 is 0 Å². The largest absolute Gasteiger partial charge is 0.306 e. The highest BCUT2D eigenvalue weighted by Gasteiger charge is 2.31. The lowest BCUT2D eigenvalue weighted by Gasteiger charge is -2.28. The molecule has 3 unspecified atom stereocenters. The van der Waals surface area contributed by atoms with Gasteiger partial charge in [-0.05, 0) is 59.7 Å². The van der Waals surface area contributed by atoms with Gasteiger partial charge < -0.3 is 5.32 Å². The second kappa shape index (κ2) is 5.32. The smallest absolute Gasteiger partial charge is 0.0704 e. The van der Waals surface area contributed by atoms with E-state index in [-0.39, 0.29) is 5.92 Å². The molecule has 4 heteroatoms. The molecule has 0 aromatic carbocycles. The predicted octanol–water partition coefficient (Wildman–Crippen LogP) is 4.17. The van der Waals surface area contributed by atoms with Crippen LogP contribution in [-0.4, -0.2) is 6.04 Å². The van der Waals surface area contributed by atoms with Gasteiger partial charge in [0.1, 0.15) is 0 Å². The fraction of sp³-hybridized carbons (Fsp3) is 0.643. The average molecular weight is 325 g/mol. The molecule has 1 saturated carbocycles. The molecule has 0 radical (unpaired) electrons. The summed E-state index contributed by atoms with van der Waals surface area (Å²) in [7, 11) is 0. The maximum absolute atomic E-state index is 9.17. The van der Waals surface area contributed by atoms with Crippen molar-refractivity contribution in [2.75, 3.05) is 0 Å². The van der Waals surface area contributed by atoms with Gasteiger partial charge >= 0.3 is 0 Å². The van der Waals surface area contributed by atoms with Crippen LogP contribution in [0, 0.1) is 17.2 Å². The van der Waals surface area contributed by atoms with Crippen molar-refractivity contribution in [3.8, 4) is 6.07 Å². The van der Waals surface area contributed by atoms with Crippen molar-refractivity contribution in [1.29, 1.82) is 5.26 Å². The molecular formula is C14H17BrN2S. The number of nitriles is 1. The summed E-state index contributed by atoms with van der Waals surface area (Å²) >= 11 is 5.47. The Morgan fingerprint density at radius 3 is 3.06 bits per heavy atom. The molecule has 0 bridgehead atoms. The van der Waals surface area contributed by atoms with Crippen molar-refractivity contribution in [2.24, 2.45) is 5.92 Å². The van der Waals surface area contributed by atoms with E-state index in [9.17, 15) is 0 Å². The fourth-order valence-electron chi connectivity index (χ4n) is 3.27. The summed E-state index contributed by atoms with van der Waals surface area (Å²) in [5.74, 6) is 0.220. The highest BCUT2D eigenvalue weighted by atomic mass is 79.9. The molecule has 18 heavy (non-hydrogen) atoms. The first-order valence-corrected chi connectivity index (χ1v) is 8.32. The SMILES string of the molecule is N#CC1CCCC1NC1CCCc2sc(Br)cc21. The van der Waals surface area contributed by atoms with E-state index in [0.717, 1.165) is 12.8 Å². The van der Waals surface area contributed by atoms with Crippen molar-refractivity contribution in [2.45, 2.75) is 50.6 Å². The first kappa shape index (κ1) is 12.7. The Balaban J connectivity index is 1.76. The summed E-state index contributed by atoms with van der Waals surface area (Å²) < 4.78 is 1.24. The van der Waals surface area contributed by atoms with Gasteiger partial charge in [-0.25, -0.2) is 0 Å². The van der Waals surface area contributed by atoms with Crippen LogP contribution in [0.4, 0.5) is 0 Å². The standard InChI is InChI=1S/C14H17BrN2S/c15-14-7-10-12(5-2-6-13(10)18-14)17-11-4-1-3-9(11)8-16/h7,9,11-12,17H,1-6H2. The van der Waals surface area contributed by atoms with Gasteiger partial charge in [-0.1, -0.05) is 6.42 Å². The number of nitrogens with one attached hydrogen (secondary N) is 1. The zero-order chi connectivity index (χ0) is 12.5. The summed E-state index contributed by atoms with van der Waals surface area (Å²) in [6.07, 6.45) is 7.13. The molecule has 96 valence electrons. The second-order valence-corrected chi connectivity index (χ2v) is 7.83. The van der Waals surface area contributed by atoms with Crippen LogP contribution >= 0.6 is 27.3 Å². The predicted molar refractivity (Wildman–Crippen MR) is 77.6 cm³/mol. The van der Waals surface area contributed by atoms with E-state index < -0.39 is 0 Å². The average Bonchev–Trinajstić information content (AvgIpc) is 2.94. The minimum absolute atomic E-state index is 0.220. The molecular weight excluding hydrogens is 308 g/mol. The van der Waals surface area contributed by atoms with E-state index in [1.807, 2.05) is 11.3 Å². The van der Waals surface area contributed by atoms with Gasteiger partial charge in [-0.3, -0.25) is 0 Å². The third kappa shape index (κ3) is 2.36. The molecule has 2 aliphatic rings. The van der Waals surface area contributed by atoms with Crippen LogP contribution in [0.25, 0.3) is 0 Å². The van der Waals surface area contributed by atoms with Gasteiger partial charge in [0, 0.05) is 17.0 Å². The van der Waals surface area contributed by atoms with Crippen LogP contribution in [0.3, 0.4) is 0 Å². The number of rotatable bonds is 2. The Bertz CT molecular complexity index is 477. The molecule has 1 N–H and O–H groups in total. The number of fused-ring (bicyclic) bond motifs is 1. The van der Waals surface area contributed by atoms with Crippen LogP contribution in [0.2, 0.25) is 0 Å². The Morgan fingerprint density at radius 2 is 2.22 bits per heavy atom. The van der Waals surface area contributed by atoms with Crippen molar-refractivity contribution >= 4 is 27.3 Å². The highest BCUT2D eigenvalue weighted by Crippen LogP contribution is 2.39. The first-order chi connectivity index (χ1) is 8.78. The van der Waals surface area contributed by atoms with E-state index in [4.69, 9.17) is 5.26 Å². The van der Waals surface area contributed by atoms with Crippen molar-refractivity contribution < 1.29 is 0 Å². The Labute approximate surface area is 121 Å². The van der Waals surface area contributed by atoms with Crippen molar-refractivity contribution in [3.05, 3.63) is 20.3 Å². The lowest BCUT2D eigenvalue weighted by molar-refractivity contribution is 0.371. The van der Waals surface area contributed by atoms with Crippen LogP contribution in [-0.2, 0) is 6.42 Å². The molecule has 0 aliphatic heterocycles. The monoisotopic (exact) mass is 324 g/mol. The quantitative estimate of drug-likeness (QED) is 0.886. The van der Waals surface area contributed by atoms with Crippen molar-refractivity contribution in [3.63, 3.8) is 0 Å². The summed E-state index contributed by atoms with van der Waals surface area (Å²) in [6.45, 7) is 0. The number of hydrogen-bond donors (Lipinski definition) is 1. The molecule has 2 nitrogen and oxygen atoms in total. The van der Waals surface area contributed by atoms with Crippen molar-refractivity contribution in [1.82, 2.24) is 5.32 Å². The third-order valence-corrected chi connectivity index (χ3v) is 5.89. The van der Waals surface area contributed by atoms with Gasteiger partial charge in [0.25, 0.3) is 0 Å². The molecule has 1 heterocycles. The minimum Gasteiger partial charge on any atom is -0.306 e. The molecule has 0 saturated heterocycles. The Hall–Kier alpha value is -0.370. The normalized spacial score (nSPS) is 31.0. The topological polar surface area (TPSA) is 35.8 Å². The van der Waals surface area contributed by atoms with E-state index in [2.05, 4.69) is 33.4 Å². The summed E-state index contributed by atoms with van der Waals surface area (Å²) in [6, 6.07) is 5.61. The highest BCUT2D eigenvalue weighted by molar-refractivity contribution is 9.11. The molecule has 1 aromatic rings. The van der Waals surface area contributed by atoms with Crippen LogP contribution in [0.1, 0.15) is 48.6 Å². The Kier molecular flexibility index (Phi) is 3.74. The maximum Gasteiger partial charge on any atom is 0.0704 e. The van der Waals surface area contributed by atoms with Crippen LogP contribution in [0.5, 0.6) is 0 Å². The summed E-state index contributed by atoms with van der Waals surface area (Å²) in [5, 5.41) is 12.9. The van der Waals surface area contributed by atoms with Gasteiger partial charge in [0.05, 0.1) is 15.8 Å². The molecule has 1 fully saturated rings. The number of thiophene rings is 1.